The summed E-state index contributed by atoms with van der Waals surface area (Å²) in [5.41, 5.74) is 0. The van der Waals surface area contributed by atoms with E-state index in [2.05, 4.69) is 6.92 Å². The molecule has 1 aliphatic carbocycles. The van der Waals surface area contributed by atoms with Gasteiger partial charge in [0.1, 0.15) is 0 Å². The molecule has 0 aromatic rings. The van der Waals surface area contributed by atoms with Gasteiger partial charge in [-0.25, -0.2) is 0 Å². The summed E-state index contributed by atoms with van der Waals surface area (Å²) in [5.74, 6) is 1.85. The van der Waals surface area contributed by atoms with Gasteiger partial charge in [0, 0.05) is 0 Å². The monoisotopic (exact) mass is 293 g/mol. The van der Waals surface area contributed by atoms with Crippen molar-refractivity contribution in [3.8, 4) is 0 Å². The van der Waals surface area contributed by atoms with Crippen LogP contribution in [-0.4, -0.2) is 0 Å². The molecule has 125 valence electrons. The number of unbranched alkanes of at least 4 members (excludes halogenated alkanes) is 15. The van der Waals surface area contributed by atoms with Crippen LogP contribution in [0.1, 0.15) is 129 Å². The molecule has 21 heavy (non-hydrogen) atoms. The molecule has 1 radical (unpaired) electrons. The Balaban J connectivity index is 1.59. The second-order valence-corrected chi connectivity index (χ2v) is 7.30. The summed E-state index contributed by atoms with van der Waals surface area (Å²) in [6.45, 7) is 2.30. The lowest BCUT2D eigenvalue weighted by Crippen LogP contribution is -1.84. The van der Waals surface area contributed by atoms with Gasteiger partial charge >= 0.3 is 0 Å². The van der Waals surface area contributed by atoms with E-state index in [-0.39, 0.29) is 0 Å². The van der Waals surface area contributed by atoms with Gasteiger partial charge in [-0.3, -0.25) is 0 Å². The van der Waals surface area contributed by atoms with Crippen molar-refractivity contribution >= 4 is 0 Å². The highest BCUT2D eigenvalue weighted by Gasteiger charge is 2.20. The Morgan fingerprint density at radius 1 is 0.476 bits per heavy atom. The third-order valence-corrected chi connectivity index (χ3v) is 4.99. The van der Waals surface area contributed by atoms with Crippen LogP contribution < -0.4 is 0 Å². The van der Waals surface area contributed by atoms with Gasteiger partial charge in [0.15, 0.2) is 0 Å². The smallest absolute Gasteiger partial charge is 0.0241 e. The largest absolute Gasteiger partial charge is 0.0654 e. The fraction of sp³-hybridized carbons (Fsp3) is 0.952. The van der Waals surface area contributed by atoms with Crippen LogP contribution >= 0.6 is 0 Å². The van der Waals surface area contributed by atoms with Crippen molar-refractivity contribution in [2.45, 2.75) is 129 Å². The van der Waals surface area contributed by atoms with Crippen molar-refractivity contribution in [2.75, 3.05) is 0 Å². The molecule has 0 bridgehead atoms. The zero-order valence-corrected chi connectivity index (χ0v) is 14.9. The van der Waals surface area contributed by atoms with E-state index in [4.69, 9.17) is 0 Å². The molecule has 0 saturated heterocycles. The predicted octanol–water partition coefficient (Wildman–Crippen LogP) is 8.01. The second kappa shape index (κ2) is 14.9. The average Bonchev–Trinajstić information content (AvgIpc) is 3.31. The molecule has 1 rings (SSSR count). The van der Waals surface area contributed by atoms with Crippen molar-refractivity contribution in [1.29, 1.82) is 0 Å². The zero-order chi connectivity index (χ0) is 15.0. The number of hydrogen-bond acceptors (Lipinski definition) is 0. The first-order chi connectivity index (χ1) is 10.4. The first-order valence-electron chi connectivity index (χ1n) is 10.3. The van der Waals surface area contributed by atoms with Crippen LogP contribution in [0.25, 0.3) is 0 Å². The molecule has 0 nitrogen and oxygen atoms in total. The van der Waals surface area contributed by atoms with E-state index in [1.54, 1.807) is 0 Å². The van der Waals surface area contributed by atoms with Crippen molar-refractivity contribution in [3.05, 3.63) is 5.92 Å². The van der Waals surface area contributed by atoms with Crippen LogP contribution in [0.3, 0.4) is 0 Å². The highest BCUT2D eigenvalue weighted by molar-refractivity contribution is 5.04. The minimum absolute atomic E-state index is 1.37. The Labute approximate surface area is 135 Å². The van der Waals surface area contributed by atoms with E-state index in [0.29, 0.717) is 0 Å². The zero-order valence-electron chi connectivity index (χ0n) is 14.9. The van der Waals surface area contributed by atoms with Crippen LogP contribution in [0.2, 0.25) is 0 Å². The molecule has 0 N–H and O–H groups in total. The lowest BCUT2D eigenvalue weighted by atomic mass is 10.0. The third-order valence-electron chi connectivity index (χ3n) is 4.99. The predicted molar refractivity (Wildman–Crippen MR) is 96.6 cm³/mol. The highest BCUT2D eigenvalue weighted by atomic mass is 14.3. The lowest BCUT2D eigenvalue weighted by Gasteiger charge is -2.03. The topological polar surface area (TPSA) is 0 Å². The minimum atomic E-state index is 1.37. The molecule has 0 atom stereocenters. The summed E-state index contributed by atoms with van der Waals surface area (Å²) < 4.78 is 0. The molecule has 0 aromatic carbocycles. The third kappa shape index (κ3) is 14.7. The summed E-state index contributed by atoms with van der Waals surface area (Å²) in [6.07, 6.45) is 28.0. The normalized spacial score (nSPS) is 14.7. The molecule has 0 heterocycles. The van der Waals surface area contributed by atoms with E-state index in [0.717, 1.165) is 0 Å². The minimum Gasteiger partial charge on any atom is -0.0654 e. The van der Waals surface area contributed by atoms with Gasteiger partial charge < -0.3 is 0 Å². The first kappa shape index (κ1) is 19.0. The fourth-order valence-corrected chi connectivity index (χ4v) is 3.26. The Hall–Kier alpha value is 0. The highest BCUT2D eigenvalue weighted by Crippen LogP contribution is 2.36. The Morgan fingerprint density at radius 3 is 1.14 bits per heavy atom. The Kier molecular flexibility index (Phi) is 13.5. The molecule has 1 saturated carbocycles. The number of rotatable bonds is 17. The summed E-state index contributed by atoms with van der Waals surface area (Å²) >= 11 is 0. The molecule has 0 amide bonds. The molecule has 0 aliphatic heterocycles. The van der Waals surface area contributed by atoms with E-state index in [1.807, 2.05) is 5.92 Å². The molecule has 0 unspecified atom stereocenters. The van der Waals surface area contributed by atoms with E-state index < -0.39 is 0 Å². The van der Waals surface area contributed by atoms with Gasteiger partial charge in [0.25, 0.3) is 0 Å². The summed E-state index contributed by atoms with van der Waals surface area (Å²) in [4.78, 5) is 0. The molecule has 1 aliphatic rings. The molecule has 0 aromatic heterocycles. The molecular weight excluding hydrogens is 252 g/mol. The summed E-state index contributed by atoms with van der Waals surface area (Å²) in [7, 11) is 0. The van der Waals surface area contributed by atoms with Gasteiger partial charge in [0.2, 0.25) is 0 Å². The maximum absolute atomic E-state index is 2.30. The van der Waals surface area contributed by atoms with Crippen molar-refractivity contribution < 1.29 is 0 Å². The van der Waals surface area contributed by atoms with Gasteiger partial charge in [-0.15, -0.1) is 0 Å². The lowest BCUT2D eigenvalue weighted by molar-refractivity contribution is 0.529. The van der Waals surface area contributed by atoms with Crippen molar-refractivity contribution in [1.82, 2.24) is 0 Å². The van der Waals surface area contributed by atoms with Crippen LogP contribution in [0.15, 0.2) is 0 Å². The van der Waals surface area contributed by atoms with Gasteiger partial charge in [-0.05, 0) is 25.2 Å². The second-order valence-electron chi connectivity index (χ2n) is 7.30. The maximum atomic E-state index is 2.30. The molecular formula is C21H41. The van der Waals surface area contributed by atoms with Crippen LogP contribution in [0.4, 0.5) is 0 Å². The van der Waals surface area contributed by atoms with Gasteiger partial charge in [-0.2, -0.15) is 0 Å². The van der Waals surface area contributed by atoms with E-state index in [1.165, 1.54) is 122 Å². The maximum Gasteiger partial charge on any atom is -0.0241 e. The summed E-state index contributed by atoms with van der Waals surface area (Å²) in [5, 5.41) is 0. The van der Waals surface area contributed by atoms with Crippen LogP contribution in [0, 0.1) is 5.92 Å². The fourth-order valence-electron chi connectivity index (χ4n) is 3.26. The standard InChI is InChI=1S/C21H41/c1-2-3-4-5-6-7-8-9-10-11-12-13-14-15-16-17-18-21-19-20-21/h2-20H2,1H3. The Bertz CT molecular complexity index is 192. The molecule has 1 fully saturated rings. The summed E-state index contributed by atoms with van der Waals surface area (Å²) in [6, 6.07) is 0. The van der Waals surface area contributed by atoms with E-state index >= 15 is 0 Å². The molecule has 0 heteroatoms. The quantitative estimate of drug-likeness (QED) is 0.238. The van der Waals surface area contributed by atoms with Crippen LogP contribution in [0.5, 0.6) is 0 Å². The van der Waals surface area contributed by atoms with Crippen LogP contribution in [-0.2, 0) is 0 Å². The average molecular weight is 294 g/mol. The van der Waals surface area contributed by atoms with Crippen molar-refractivity contribution in [3.63, 3.8) is 0 Å². The number of hydrogen-bond donors (Lipinski definition) is 0. The van der Waals surface area contributed by atoms with E-state index in [9.17, 15) is 0 Å². The van der Waals surface area contributed by atoms with Gasteiger partial charge in [0.05, 0.1) is 0 Å². The van der Waals surface area contributed by atoms with Crippen molar-refractivity contribution in [2.24, 2.45) is 0 Å². The van der Waals surface area contributed by atoms with Gasteiger partial charge in [-0.1, -0.05) is 110 Å². The SMILES string of the molecule is CCCCCCCCCCCCCCCCCC[C]1CC1. The molecule has 0 spiro atoms. The Morgan fingerprint density at radius 2 is 0.810 bits per heavy atom. The first-order valence-corrected chi connectivity index (χ1v) is 10.3.